The highest BCUT2D eigenvalue weighted by Crippen LogP contribution is 2.28. The molecule has 2 rings (SSSR count). The summed E-state index contributed by atoms with van der Waals surface area (Å²) in [5, 5.41) is 0. The van der Waals surface area contributed by atoms with Gasteiger partial charge in [-0.05, 0) is 36.1 Å². The summed E-state index contributed by atoms with van der Waals surface area (Å²) in [6.07, 6.45) is 1.34. The quantitative estimate of drug-likeness (QED) is 0.523. The number of rotatable bonds is 7. The second kappa shape index (κ2) is 8.60. The lowest BCUT2D eigenvalue weighted by molar-refractivity contribution is -0.134. The normalized spacial score (nSPS) is 10.6. The van der Waals surface area contributed by atoms with Gasteiger partial charge in [-0.3, -0.25) is 4.79 Å². The van der Waals surface area contributed by atoms with Crippen molar-refractivity contribution in [1.82, 2.24) is 0 Å². The molecule has 0 spiro atoms. The fraction of sp³-hybridized carbons (Fsp3) is 0.350. The van der Waals surface area contributed by atoms with Crippen molar-refractivity contribution in [2.75, 3.05) is 0 Å². The molecule has 0 saturated carbocycles. The van der Waals surface area contributed by atoms with E-state index in [0.29, 0.717) is 29.7 Å². The van der Waals surface area contributed by atoms with Gasteiger partial charge in [0.05, 0.1) is 0 Å². The van der Waals surface area contributed by atoms with Crippen molar-refractivity contribution in [3.05, 3.63) is 58.7 Å². The van der Waals surface area contributed by atoms with Gasteiger partial charge in [-0.25, -0.2) is 8.78 Å². The number of hydrogen-bond acceptors (Lipinski definition) is 3. The molecule has 0 N–H and O–H groups in total. The summed E-state index contributed by atoms with van der Waals surface area (Å²) < 4.78 is 38.8. The predicted octanol–water partition coefficient (Wildman–Crippen LogP) is 4.98. The Morgan fingerprint density at radius 2 is 1.68 bits per heavy atom. The maximum absolute atomic E-state index is 14.1. The molecular weight excluding hydrogens is 326 g/mol. The van der Waals surface area contributed by atoms with E-state index in [1.54, 1.807) is 26.0 Å². The minimum atomic E-state index is -0.612. The molecule has 3 nitrogen and oxygen atoms in total. The molecule has 5 heteroatoms. The van der Waals surface area contributed by atoms with Crippen LogP contribution >= 0.6 is 0 Å². The molecule has 0 atom stereocenters. The van der Waals surface area contributed by atoms with Crippen LogP contribution in [0.15, 0.2) is 30.3 Å². The number of aryl methyl sites for hydroxylation is 2. The smallest absolute Gasteiger partial charge is 0.310 e. The Bertz CT molecular complexity index is 757. The summed E-state index contributed by atoms with van der Waals surface area (Å²) in [6, 6.07) is 7.55. The van der Waals surface area contributed by atoms with Gasteiger partial charge in [-0.1, -0.05) is 32.9 Å². The first-order valence-corrected chi connectivity index (χ1v) is 8.42. The number of ether oxygens (including phenoxy) is 2. The molecule has 0 amide bonds. The van der Waals surface area contributed by atoms with Crippen molar-refractivity contribution in [2.24, 2.45) is 0 Å². The molecule has 0 fully saturated rings. The van der Waals surface area contributed by atoms with E-state index in [2.05, 4.69) is 0 Å². The number of hydrogen-bond donors (Lipinski definition) is 0. The van der Waals surface area contributed by atoms with E-state index in [4.69, 9.17) is 9.47 Å². The Balaban J connectivity index is 2.28. The lowest BCUT2D eigenvalue weighted by Gasteiger charge is -2.15. The lowest BCUT2D eigenvalue weighted by Crippen LogP contribution is -2.10. The minimum Gasteiger partial charge on any atom is -0.486 e. The number of carbonyl (C=O) groups is 1. The first kappa shape index (κ1) is 18.9. The van der Waals surface area contributed by atoms with Crippen molar-refractivity contribution in [3.8, 4) is 11.5 Å². The monoisotopic (exact) mass is 348 g/mol. The van der Waals surface area contributed by atoms with Gasteiger partial charge >= 0.3 is 5.97 Å². The number of benzene rings is 2. The summed E-state index contributed by atoms with van der Waals surface area (Å²) in [5.41, 5.74) is 1.88. The SMILES string of the molecule is CCC(=O)Oc1cccc(CC)c1COc1cc(F)c(CC)cc1F. The molecule has 0 aromatic heterocycles. The van der Waals surface area contributed by atoms with Crippen LogP contribution in [0.2, 0.25) is 0 Å². The molecule has 25 heavy (non-hydrogen) atoms. The van der Waals surface area contributed by atoms with E-state index >= 15 is 0 Å². The van der Waals surface area contributed by atoms with Crippen LogP contribution in [-0.2, 0) is 24.2 Å². The maximum Gasteiger partial charge on any atom is 0.310 e. The summed E-state index contributed by atoms with van der Waals surface area (Å²) in [7, 11) is 0. The van der Waals surface area contributed by atoms with Crippen molar-refractivity contribution in [3.63, 3.8) is 0 Å². The van der Waals surface area contributed by atoms with E-state index in [9.17, 15) is 13.6 Å². The molecule has 134 valence electrons. The van der Waals surface area contributed by atoms with Gasteiger partial charge < -0.3 is 9.47 Å². The Morgan fingerprint density at radius 1 is 0.960 bits per heavy atom. The molecule has 0 bridgehead atoms. The zero-order chi connectivity index (χ0) is 18.4. The predicted molar refractivity (Wildman–Crippen MR) is 91.8 cm³/mol. The zero-order valence-corrected chi connectivity index (χ0v) is 14.7. The van der Waals surface area contributed by atoms with Gasteiger partial charge in [0.15, 0.2) is 11.6 Å². The third-order valence-electron chi connectivity index (χ3n) is 3.98. The third kappa shape index (κ3) is 4.56. The topological polar surface area (TPSA) is 35.5 Å². The molecule has 0 aliphatic heterocycles. The first-order valence-electron chi connectivity index (χ1n) is 8.42. The highest BCUT2D eigenvalue weighted by molar-refractivity contribution is 5.72. The van der Waals surface area contributed by atoms with Crippen LogP contribution in [0.5, 0.6) is 11.5 Å². The molecule has 0 aliphatic rings. The number of esters is 1. The Hall–Kier alpha value is -2.43. The van der Waals surface area contributed by atoms with E-state index < -0.39 is 11.6 Å². The van der Waals surface area contributed by atoms with E-state index in [1.165, 1.54) is 0 Å². The molecular formula is C20H22F2O3. The van der Waals surface area contributed by atoms with E-state index in [1.807, 2.05) is 13.0 Å². The van der Waals surface area contributed by atoms with E-state index in [-0.39, 0.29) is 24.7 Å². The summed E-state index contributed by atoms with van der Waals surface area (Å²) in [5.74, 6) is -1.25. The second-order valence-electron chi connectivity index (χ2n) is 5.59. The standard InChI is InChI=1S/C20H22F2O3/c1-4-13-8-7-9-18(25-20(23)6-3)15(13)12-24-19-11-16(21)14(5-2)10-17(19)22/h7-11H,4-6,12H2,1-3H3. The van der Waals surface area contributed by atoms with Crippen molar-refractivity contribution < 1.29 is 23.0 Å². The Morgan fingerprint density at radius 3 is 2.32 bits per heavy atom. The molecule has 2 aromatic carbocycles. The van der Waals surface area contributed by atoms with Crippen molar-refractivity contribution in [2.45, 2.75) is 46.6 Å². The highest BCUT2D eigenvalue weighted by Gasteiger charge is 2.15. The fourth-order valence-corrected chi connectivity index (χ4v) is 2.50. The van der Waals surface area contributed by atoms with Gasteiger partial charge in [0.1, 0.15) is 18.2 Å². The maximum atomic E-state index is 14.1. The highest BCUT2D eigenvalue weighted by atomic mass is 19.1. The molecule has 2 aromatic rings. The van der Waals surface area contributed by atoms with Crippen LogP contribution in [0, 0.1) is 11.6 Å². The average Bonchev–Trinajstić information content (AvgIpc) is 2.62. The largest absolute Gasteiger partial charge is 0.486 e. The van der Waals surface area contributed by atoms with Gasteiger partial charge in [0, 0.05) is 18.1 Å². The van der Waals surface area contributed by atoms with Crippen LogP contribution in [0.3, 0.4) is 0 Å². The van der Waals surface area contributed by atoms with Crippen LogP contribution < -0.4 is 9.47 Å². The molecule has 0 aliphatic carbocycles. The first-order chi connectivity index (χ1) is 12.0. The summed E-state index contributed by atoms with van der Waals surface area (Å²) >= 11 is 0. The number of halogens is 2. The van der Waals surface area contributed by atoms with E-state index in [0.717, 1.165) is 17.7 Å². The third-order valence-corrected chi connectivity index (χ3v) is 3.98. The van der Waals surface area contributed by atoms with Gasteiger partial charge in [-0.2, -0.15) is 0 Å². The summed E-state index contributed by atoms with van der Waals surface area (Å²) in [4.78, 5) is 11.6. The van der Waals surface area contributed by atoms with Gasteiger partial charge in [0.2, 0.25) is 0 Å². The van der Waals surface area contributed by atoms with Crippen molar-refractivity contribution >= 4 is 5.97 Å². The van der Waals surface area contributed by atoms with Crippen LogP contribution in [0.4, 0.5) is 8.78 Å². The van der Waals surface area contributed by atoms with Crippen LogP contribution in [0.1, 0.15) is 43.9 Å². The molecule has 0 unspecified atom stereocenters. The Labute approximate surface area is 146 Å². The fourth-order valence-electron chi connectivity index (χ4n) is 2.50. The minimum absolute atomic E-state index is 0.0157. The second-order valence-corrected chi connectivity index (χ2v) is 5.59. The molecule has 0 heterocycles. The Kier molecular flexibility index (Phi) is 6.51. The summed E-state index contributed by atoms with van der Waals surface area (Å²) in [6.45, 7) is 5.40. The molecule has 0 radical (unpaired) electrons. The van der Waals surface area contributed by atoms with Gasteiger partial charge in [0.25, 0.3) is 0 Å². The van der Waals surface area contributed by atoms with Crippen molar-refractivity contribution in [1.29, 1.82) is 0 Å². The molecule has 0 saturated heterocycles. The zero-order valence-electron chi connectivity index (χ0n) is 14.7. The van der Waals surface area contributed by atoms with Gasteiger partial charge in [-0.15, -0.1) is 0 Å². The van der Waals surface area contributed by atoms with Crippen LogP contribution in [0.25, 0.3) is 0 Å². The lowest BCUT2D eigenvalue weighted by atomic mass is 10.0. The average molecular weight is 348 g/mol. The van der Waals surface area contributed by atoms with Crippen LogP contribution in [-0.4, -0.2) is 5.97 Å². The number of carbonyl (C=O) groups excluding carboxylic acids is 1.